The molecule has 0 aliphatic carbocycles. The van der Waals surface area contributed by atoms with E-state index in [4.69, 9.17) is 15.2 Å². The van der Waals surface area contributed by atoms with Gasteiger partial charge in [0.25, 0.3) is 0 Å². The van der Waals surface area contributed by atoms with E-state index in [2.05, 4.69) is 45.9 Å². The Labute approximate surface area is 117 Å². The lowest BCUT2D eigenvalue weighted by Crippen LogP contribution is -2.25. The van der Waals surface area contributed by atoms with Crippen LogP contribution in [0, 0.1) is 13.8 Å². The predicted molar refractivity (Wildman–Crippen MR) is 79.4 cm³/mol. The van der Waals surface area contributed by atoms with E-state index in [0.717, 1.165) is 12.0 Å². The molecule has 19 heavy (non-hydrogen) atoms. The van der Waals surface area contributed by atoms with Crippen LogP contribution >= 0.6 is 0 Å². The number of methoxy groups -OCH3 is 1. The molecule has 0 aromatic heterocycles. The van der Waals surface area contributed by atoms with Crippen LogP contribution in [0.2, 0.25) is 0 Å². The summed E-state index contributed by atoms with van der Waals surface area (Å²) in [5.41, 5.74) is 9.70. The van der Waals surface area contributed by atoms with Crippen LogP contribution in [0.3, 0.4) is 0 Å². The normalized spacial score (nSPS) is 13.6. The summed E-state index contributed by atoms with van der Waals surface area (Å²) in [6.07, 6.45) is 0.864. The van der Waals surface area contributed by atoms with Crippen molar-refractivity contribution < 1.29 is 9.47 Å². The zero-order valence-corrected chi connectivity index (χ0v) is 12.8. The lowest BCUT2D eigenvalue weighted by atomic mass is 10.0. The summed E-state index contributed by atoms with van der Waals surface area (Å²) in [5.74, 6) is 0. The molecule has 0 aliphatic rings. The van der Waals surface area contributed by atoms with Crippen molar-refractivity contribution in [1.82, 2.24) is 0 Å². The van der Waals surface area contributed by atoms with Gasteiger partial charge in [-0.05, 0) is 50.8 Å². The number of hydrogen-bond donors (Lipinski definition) is 1. The fraction of sp³-hybridized carbons (Fsp3) is 0.625. The zero-order valence-electron chi connectivity index (χ0n) is 12.8. The summed E-state index contributed by atoms with van der Waals surface area (Å²) in [6, 6.07) is 6.26. The molecular weight excluding hydrogens is 238 g/mol. The first kappa shape index (κ1) is 16.2. The Morgan fingerprint density at radius 2 is 1.89 bits per heavy atom. The molecule has 0 saturated heterocycles. The van der Waals surface area contributed by atoms with Crippen molar-refractivity contribution in [2.45, 2.75) is 45.8 Å². The van der Waals surface area contributed by atoms with Gasteiger partial charge >= 0.3 is 0 Å². The van der Waals surface area contributed by atoms with Gasteiger partial charge in [-0.1, -0.05) is 18.2 Å². The topological polar surface area (TPSA) is 44.5 Å². The number of hydrogen-bond acceptors (Lipinski definition) is 3. The molecule has 0 heterocycles. The van der Waals surface area contributed by atoms with Crippen LogP contribution < -0.4 is 5.73 Å². The Kier molecular flexibility index (Phi) is 5.98. The van der Waals surface area contributed by atoms with Crippen LogP contribution in [-0.2, 0) is 9.47 Å². The second-order valence-corrected chi connectivity index (χ2v) is 5.74. The van der Waals surface area contributed by atoms with E-state index in [-0.39, 0.29) is 11.6 Å². The van der Waals surface area contributed by atoms with Crippen LogP contribution in [0.25, 0.3) is 0 Å². The molecule has 0 amide bonds. The first-order chi connectivity index (χ1) is 8.85. The fourth-order valence-corrected chi connectivity index (χ4v) is 1.72. The number of ether oxygens (including phenoxy) is 2. The SMILES string of the molecule is COC(C)(C)CCOCC(N)c1ccc(C)c(C)c1. The molecule has 0 radical (unpaired) electrons. The minimum atomic E-state index is -0.134. The molecule has 3 heteroatoms. The van der Waals surface area contributed by atoms with Gasteiger partial charge in [0.2, 0.25) is 0 Å². The quantitative estimate of drug-likeness (QED) is 0.770. The fourth-order valence-electron chi connectivity index (χ4n) is 1.72. The van der Waals surface area contributed by atoms with Gasteiger partial charge in [0, 0.05) is 13.7 Å². The lowest BCUT2D eigenvalue weighted by Gasteiger charge is -2.23. The van der Waals surface area contributed by atoms with Crippen LogP contribution in [0.1, 0.15) is 43.0 Å². The molecule has 3 nitrogen and oxygen atoms in total. The van der Waals surface area contributed by atoms with Crippen LogP contribution in [0.15, 0.2) is 18.2 Å². The maximum absolute atomic E-state index is 6.14. The largest absolute Gasteiger partial charge is 0.379 e. The van der Waals surface area contributed by atoms with Gasteiger partial charge in [0.15, 0.2) is 0 Å². The second kappa shape index (κ2) is 7.04. The summed E-state index contributed by atoms with van der Waals surface area (Å²) < 4.78 is 11.0. The molecule has 0 bridgehead atoms. The molecule has 2 N–H and O–H groups in total. The Bertz CT molecular complexity index is 402. The first-order valence-electron chi connectivity index (χ1n) is 6.81. The Hall–Kier alpha value is -0.900. The number of aryl methyl sites for hydroxylation is 2. The zero-order chi connectivity index (χ0) is 14.5. The van der Waals surface area contributed by atoms with E-state index in [1.807, 2.05) is 0 Å². The minimum absolute atomic E-state index is 0.0649. The maximum Gasteiger partial charge on any atom is 0.0659 e. The molecule has 1 aromatic carbocycles. The molecule has 1 atom stereocenters. The van der Waals surface area contributed by atoms with Crippen LogP contribution in [0.4, 0.5) is 0 Å². The van der Waals surface area contributed by atoms with Crippen molar-refractivity contribution >= 4 is 0 Å². The van der Waals surface area contributed by atoms with Crippen molar-refractivity contribution in [3.05, 3.63) is 34.9 Å². The molecule has 0 fully saturated rings. The van der Waals surface area contributed by atoms with Crippen molar-refractivity contribution in [2.75, 3.05) is 20.3 Å². The van der Waals surface area contributed by atoms with E-state index in [1.54, 1.807) is 7.11 Å². The molecule has 0 aliphatic heterocycles. The summed E-state index contributed by atoms with van der Waals surface area (Å²) >= 11 is 0. The molecule has 108 valence electrons. The molecule has 0 saturated carbocycles. The molecular formula is C16H27NO2. The van der Waals surface area contributed by atoms with Gasteiger partial charge < -0.3 is 15.2 Å². The van der Waals surface area contributed by atoms with Gasteiger partial charge in [-0.3, -0.25) is 0 Å². The smallest absolute Gasteiger partial charge is 0.0659 e. The van der Waals surface area contributed by atoms with E-state index in [1.165, 1.54) is 11.1 Å². The van der Waals surface area contributed by atoms with E-state index in [9.17, 15) is 0 Å². The second-order valence-electron chi connectivity index (χ2n) is 5.74. The van der Waals surface area contributed by atoms with Gasteiger partial charge in [-0.2, -0.15) is 0 Å². The number of rotatable bonds is 7. The highest BCUT2D eigenvalue weighted by Gasteiger charge is 2.16. The third kappa shape index (κ3) is 5.31. The van der Waals surface area contributed by atoms with Crippen molar-refractivity contribution in [3.63, 3.8) is 0 Å². The van der Waals surface area contributed by atoms with E-state index < -0.39 is 0 Å². The van der Waals surface area contributed by atoms with Gasteiger partial charge in [-0.25, -0.2) is 0 Å². The standard InChI is InChI=1S/C16H27NO2/c1-12-6-7-14(10-13(12)2)15(17)11-19-9-8-16(3,4)18-5/h6-7,10,15H,8-9,11,17H2,1-5H3. The predicted octanol–water partition coefficient (Wildman–Crippen LogP) is 3.13. The number of benzene rings is 1. The maximum atomic E-state index is 6.14. The van der Waals surface area contributed by atoms with E-state index >= 15 is 0 Å². The minimum Gasteiger partial charge on any atom is -0.379 e. The van der Waals surface area contributed by atoms with Crippen LogP contribution in [0.5, 0.6) is 0 Å². The Balaban J connectivity index is 2.39. The van der Waals surface area contributed by atoms with Crippen LogP contribution in [-0.4, -0.2) is 25.9 Å². The highest BCUT2D eigenvalue weighted by Crippen LogP contribution is 2.17. The average Bonchev–Trinajstić information content (AvgIpc) is 2.37. The average molecular weight is 265 g/mol. The lowest BCUT2D eigenvalue weighted by molar-refractivity contribution is -0.0113. The molecule has 1 rings (SSSR count). The highest BCUT2D eigenvalue weighted by molar-refractivity contribution is 5.31. The summed E-state index contributed by atoms with van der Waals surface area (Å²) in [5, 5.41) is 0. The summed E-state index contributed by atoms with van der Waals surface area (Å²) in [4.78, 5) is 0. The summed E-state index contributed by atoms with van der Waals surface area (Å²) in [7, 11) is 1.72. The van der Waals surface area contributed by atoms with Crippen molar-refractivity contribution in [2.24, 2.45) is 5.73 Å². The number of nitrogens with two attached hydrogens (primary N) is 1. The highest BCUT2D eigenvalue weighted by atomic mass is 16.5. The first-order valence-corrected chi connectivity index (χ1v) is 6.81. The van der Waals surface area contributed by atoms with Crippen molar-refractivity contribution in [3.8, 4) is 0 Å². The molecule has 0 spiro atoms. The van der Waals surface area contributed by atoms with E-state index in [0.29, 0.717) is 13.2 Å². The monoisotopic (exact) mass is 265 g/mol. The van der Waals surface area contributed by atoms with Gasteiger partial charge in [0.05, 0.1) is 18.2 Å². The summed E-state index contributed by atoms with van der Waals surface area (Å²) in [6.45, 7) is 9.53. The Morgan fingerprint density at radius 3 is 2.47 bits per heavy atom. The Morgan fingerprint density at radius 1 is 1.21 bits per heavy atom. The third-order valence-electron chi connectivity index (χ3n) is 3.66. The molecule has 1 unspecified atom stereocenters. The van der Waals surface area contributed by atoms with Crippen molar-refractivity contribution in [1.29, 1.82) is 0 Å². The molecule has 1 aromatic rings. The third-order valence-corrected chi connectivity index (χ3v) is 3.66. The van der Waals surface area contributed by atoms with Gasteiger partial charge in [0.1, 0.15) is 0 Å². The van der Waals surface area contributed by atoms with Gasteiger partial charge in [-0.15, -0.1) is 0 Å².